The smallest absolute Gasteiger partial charge is 0.189 e. The third kappa shape index (κ3) is 5.76. The highest BCUT2D eigenvalue weighted by atomic mass is 32.2. The number of aromatic hydroxyl groups is 1. The highest BCUT2D eigenvalue weighted by molar-refractivity contribution is 7.89. The lowest BCUT2D eigenvalue weighted by molar-refractivity contribution is -0.0917. The van der Waals surface area contributed by atoms with Crippen LogP contribution in [0.3, 0.4) is 0 Å². The second kappa shape index (κ2) is 10.6. The van der Waals surface area contributed by atoms with Crippen molar-refractivity contribution in [3.8, 4) is 11.5 Å². The molecule has 0 heterocycles. The Labute approximate surface area is 183 Å². The second-order valence-corrected chi connectivity index (χ2v) is 10.6. The SMILES string of the molecule is C=C(C1=CCCCC1)S(=O)c1ccc(OCO[C@@H]2C[C@H](C)CC[C@H]2C(C)C)cc1O. The summed E-state index contributed by atoms with van der Waals surface area (Å²) in [5, 5.41) is 10.4. The van der Waals surface area contributed by atoms with Crippen molar-refractivity contribution in [3.05, 3.63) is 41.3 Å². The zero-order valence-electron chi connectivity index (χ0n) is 18.6. The maximum atomic E-state index is 12.9. The Bertz CT molecular complexity index is 798. The normalized spacial score (nSPS) is 25.6. The molecule has 4 atom stereocenters. The second-order valence-electron chi connectivity index (χ2n) is 9.09. The van der Waals surface area contributed by atoms with Gasteiger partial charge in [0.2, 0.25) is 0 Å². The van der Waals surface area contributed by atoms with Crippen molar-refractivity contribution >= 4 is 10.8 Å². The fourth-order valence-corrected chi connectivity index (χ4v) is 5.71. The molecule has 1 fully saturated rings. The molecule has 1 saturated carbocycles. The molecule has 30 heavy (non-hydrogen) atoms. The van der Waals surface area contributed by atoms with Crippen LogP contribution in [-0.2, 0) is 15.5 Å². The van der Waals surface area contributed by atoms with Gasteiger partial charge in [-0.25, -0.2) is 4.21 Å². The minimum Gasteiger partial charge on any atom is -0.507 e. The number of rotatable bonds is 8. The van der Waals surface area contributed by atoms with Crippen molar-refractivity contribution < 1.29 is 18.8 Å². The number of ether oxygens (including phenoxy) is 2. The van der Waals surface area contributed by atoms with Gasteiger partial charge in [0.05, 0.1) is 21.8 Å². The summed E-state index contributed by atoms with van der Waals surface area (Å²) in [6.45, 7) is 11.0. The Morgan fingerprint density at radius 2 is 2.10 bits per heavy atom. The van der Waals surface area contributed by atoms with Crippen molar-refractivity contribution in [2.24, 2.45) is 17.8 Å². The van der Waals surface area contributed by atoms with E-state index in [0.717, 1.165) is 31.3 Å². The molecule has 166 valence electrons. The molecule has 4 nitrogen and oxygen atoms in total. The van der Waals surface area contributed by atoms with Crippen LogP contribution < -0.4 is 4.74 Å². The van der Waals surface area contributed by atoms with E-state index in [0.29, 0.717) is 33.3 Å². The number of hydrogen-bond donors (Lipinski definition) is 1. The first-order valence-electron chi connectivity index (χ1n) is 11.2. The van der Waals surface area contributed by atoms with E-state index in [9.17, 15) is 9.32 Å². The van der Waals surface area contributed by atoms with E-state index in [1.165, 1.54) is 25.3 Å². The van der Waals surface area contributed by atoms with Crippen molar-refractivity contribution in [1.82, 2.24) is 0 Å². The van der Waals surface area contributed by atoms with Gasteiger partial charge in [-0.05, 0) is 74.0 Å². The zero-order chi connectivity index (χ0) is 21.7. The van der Waals surface area contributed by atoms with Crippen LogP contribution in [0.1, 0.15) is 65.7 Å². The quantitative estimate of drug-likeness (QED) is 0.488. The molecule has 1 aromatic rings. The van der Waals surface area contributed by atoms with Crippen LogP contribution in [0.4, 0.5) is 0 Å². The van der Waals surface area contributed by atoms with Gasteiger partial charge in [-0.15, -0.1) is 0 Å². The van der Waals surface area contributed by atoms with Gasteiger partial charge in [0, 0.05) is 11.0 Å². The largest absolute Gasteiger partial charge is 0.507 e. The van der Waals surface area contributed by atoms with Crippen LogP contribution in [0.15, 0.2) is 46.2 Å². The van der Waals surface area contributed by atoms with Crippen molar-refractivity contribution in [2.45, 2.75) is 76.7 Å². The van der Waals surface area contributed by atoms with Gasteiger partial charge in [0.15, 0.2) is 6.79 Å². The van der Waals surface area contributed by atoms with Crippen LogP contribution in [0, 0.1) is 17.8 Å². The highest BCUT2D eigenvalue weighted by Crippen LogP contribution is 2.36. The summed E-state index contributed by atoms with van der Waals surface area (Å²) in [7, 11) is -1.47. The van der Waals surface area contributed by atoms with E-state index in [1.807, 2.05) is 0 Å². The van der Waals surface area contributed by atoms with Crippen molar-refractivity contribution in [3.63, 3.8) is 0 Å². The molecule has 1 N–H and O–H groups in total. The van der Waals surface area contributed by atoms with Gasteiger partial charge in [-0.3, -0.25) is 0 Å². The molecule has 0 amide bonds. The summed E-state index contributed by atoms with van der Waals surface area (Å²) in [5.74, 6) is 2.31. The third-order valence-corrected chi connectivity index (χ3v) is 7.93. The predicted octanol–water partition coefficient (Wildman–Crippen LogP) is 6.33. The van der Waals surface area contributed by atoms with Gasteiger partial charge < -0.3 is 14.6 Å². The number of hydrogen-bond acceptors (Lipinski definition) is 4. The van der Waals surface area contributed by atoms with E-state index in [4.69, 9.17) is 9.47 Å². The maximum absolute atomic E-state index is 12.9. The van der Waals surface area contributed by atoms with Crippen LogP contribution >= 0.6 is 0 Å². The lowest BCUT2D eigenvalue weighted by atomic mass is 9.75. The summed E-state index contributed by atoms with van der Waals surface area (Å²) in [6.07, 6.45) is 10.0. The molecule has 0 spiro atoms. The summed E-state index contributed by atoms with van der Waals surface area (Å²) >= 11 is 0. The van der Waals surface area contributed by atoms with Gasteiger partial charge in [-0.1, -0.05) is 39.8 Å². The Hall–Kier alpha value is -1.59. The summed E-state index contributed by atoms with van der Waals surface area (Å²) in [5.41, 5.74) is 1.05. The molecule has 0 bridgehead atoms. The van der Waals surface area contributed by atoms with E-state index < -0.39 is 10.8 Å². The number of allylic oxidation sites excluding steroid dienone is 2. The maximum Gasteiger partial charge on any atom is 0.189 e. The molecule has 1 aromatic carbocycles. The first-order valence-corrected chi connectivity index (χ1v) is 12.4. The molecule has 5 heteroatoms. The molecule has 2 aliphatic rings. The Morgan fingerprint density at radius 3 is 2.77 bits per heavy atom. The molecule has 2 aliphatic carbocycles. The van der Waals surface area contributed by atoms with Gasteiger partial charge >= 0.3 is 0 Å². The van der Waals surface area contributed by atoms with Crippen LogP contribution in [0.5, 0.6) is 11.5 Å². The van der Waals surface area contributed by atoms with Crippen molar-refractivity contribution in [2.75, 3.05) is 6.79 Å². The highest BCUT2D eigenvalue weighted by Gasteiger charge is 2.31. The fourth-order valence-electron chi connectivity index (χ4n) is 4.58. The lowest BCUT2D eigenvalue weighted by Crippen LogP contribution is -2.35. The van der Waals surface area contributed by atoms with Crippen LogP contribution in [-0.4, -0.2) is 22.2 Å². The van der Waals surface area contributed by atoms with Crippen LogP contribution in [0.2, 0.25) is 0 Å². The standard InChI is InChI=1S/C25H36O4S/c1-17(2)22-12-10-18(3)14-24(22)29-16-28-21-11-13-25(23(26)15-21)30(27)19(4)20-8-6-5-7-9-20/h8,11,13,15,17-18,22,24,26H,4-7,9-10,12,14,16H2,1-3H3/t18-,22+,24-,30?/m1/s1. The number of phenolic OH excluding ortho intramolecular Hbond substituents is 1. The van der Waals surface area contributed by atoms with Gasteiger partial charge in [0.25, 0.3) is 0 Å². The molecular weight excluding hydrogens is 396 g/mol. The van der Waals surface area contributed by atoms with E-state index >= 15 is 0 Å². The van der Waals surface area contributed by atoms with Gasteiger partial charge in [-0.2, -0.15) is 0 Å². The number of phenols is 1. The van der Waals surface area contributed by atoms with Gasteiger partial charge in [0.1, 0.15) is 11.5 Å². The van der Waals surface area contributed by atoms with E-state index in [2.05, 4.69) is 33.4 Å². The molecular formula is C25H36O4S. The topological polar surface area (TPSA) is 55.8 Å². The monoisotopic (exact) mass is 432 g/mol. The minimum absolute atomic E-state index is 0.0326. The number of benzene rings is 1. The van der Waals surface area contributed by atoms with Crippen molar-refractivity contribution in [1.29, 1.82) is 0 Å². The zero-order valence-corrected chi connectivity index (χ0v) is 19.4. The average Bonchev–Trinajstić information content (AvgIpc) is 2.73. The summed E-state index contributed by atoms with van der Waals surface area (Å²) in [6, 6.07) is 4.92. The molecule has 0 aromatic heterocycles. The van der Waals surface area contributed by atoms with E-state index in [1.54, 1.807) is 12.1 Å². The molecule has 0 radical (unpaired) electrons. The Morgan fingerprint density at radius 1 is 1.30 bits per heavy atom. The summed E-state index contributed by atoms with van der Waals surface area (Å²) in [4.78, 5) is 0.967. The third-order valence-electron chi connectivity index (χ3n) is 6.47. The molecule has 0 saturated heterocycles. The average molecular weight is 433 g/mol. The lowest BCUT2D eigenvalue weighted by Gasteiger charge is -2.36. The minimum atomic E-state index is -1.47. The predicted molar refractivity (Wildman–Crippen MR) is 122 cm³/mol. The summed E-state index contributed by atoms with van der Waals surface area (Å²) < 4.78 is 24.7. The Kier molecular flexibility index (Phi) is 8.18. The first kappa shape index (κ1) is 23.1. The first-order chi connectivity index (χ1) is 14.4. The van der Waals surface area contributed by atoms with E-state index in [-0.39, 0.29) is 18.6 Å². The molecule has 1 unspecified atom stereocenters. The fraction of sp³-hybridized carbons (Fsp3) is 0.600. The molecule has 0 aliphatic heterocycles. The van der Waals surface area contributed by atoms with Crippen LogP contribution in [0.25, 0.3) is 0 Å². The Balaban J connectivity index is 1.58. The molecule has 3 rings (SSSR count).